The van der Waals surface area contributed by atoms with Crippen molar-refractivity contribution in [2.75, 3.05) is 13.6 Å². The van der Waals surface area contributed by atoms with Crippen molar-refractivity contribution in [3.8, 4) is 0 Å². The molecular weight excluding hydrogens is 220 g/mol. The minimum absolute atomic E-state index is 0.102. The van der Waals surface area contributed by atoms with Gasteiger partial charge in [-0.15, -0.1) is 0 Å². The smallest absolute Gasteiger partial charge is 0.317 e. The summed E-state index contributed by atoms with van der Waals surface area (Å²) in [6.45, 7) is 7.95. The molecule has 0 bridgehead atoms. The van der Waals surface area contributed by atoms with Crippen molar-refractivity contribution in [3.63, 3.8) is 0 Å². The summed E-state index contributed by atoms with van der Waals surface area (Å²) in [4.78, 5) is 23.8. The first-order valence-corrected chi connectivity index (χ1v) is 5.98. The molecule has 100 valence electrons. The zero-order valence-electron chi connectivity index (χ0n) is 11.4. The largest absolute Gasteiger partial charge is 0.481 e. The van der Waals surface area contributed by atoms with Crippen LogP contribution < -0.4 is 5.32 Å². The summed E-state index contributed by atoms with van der Waals surface area (Å²) in [6.07, 6.45) is 0.911. The molecule has 0 spiro atoms. The number of aliphatic carboxylic acids is 1. The van der Waals surface area contributed by atoms with Crippen molar-refractivity contribution in [1.29, 1.82) is 0 Å². The zero-order valence-corrected chi connectivity index (χ0v) is 11.4. The normalized spacial score (nSPS) is 14.2. The van der Waals surface area contributed by atoms with Gasteiger partial charge < -0.3 is 15.3 Å². The van der Waals surface area contributed by atoms with Gasteiger partial charge in [0.1, 0.15) is 0 Å². The van der Waals surface area contributed by atoms with Crippen LogP contribution in [0.2, 0.25) is 0 Å². The summed E-state index contributed by atoms with van der Waals surface area (Å²) >= 11 is 0. The number of carboxylic acids is 1. The molecule has 5 nitrogen and oxygen atoms in total. The van der Waals surface area contributed by atoms with E-state index >= 15 is 0 Å². The van der Waals surface area contributed by atoms with Gasteiger partial charge >= 0.3 is 12.0 Å². The van der Waals surface area contributed by atoms with Gasteiger partial charge in [-0.25, -0.2) is 4.79 Å². The fourth-order valence-corrected chi connectivity index (χ4v) is 1.66. The molecule has 0 aliphatic rings. The number of carbonyl (C=O) groups excluding carboxylic acids is 1. The van der Waals surface area contributed by atoms with Crippen LogP contribution in [0.3, 0.4) is 0 Å². The van der Waals surface area contributed by atoms with Crippen LogP contribution in [-0.2, 0) is 4.79 Å². The van der Waals surface area contributed by atoms with E-state index in [0.29, 0.717) is 5.92 Å². The standard InChI is InChI=1S/C12H24N2O3/c1-8(2)6-10(4)13-12(17)14(5)7-9(3)11(15)16/h8-10H,6-7H2,1-5H3,(H,13,17)(H,15,16). The predicted molar refractivity (Wildman–Crippen MR) is 66.9 cm³/mol. The summed E-state index contributed by atoms with van der Waals surface area (Å²) in [7, 11) is 1.61. The third-order valence-electron chi connectivity index (χ3n) is 2.51. The summed E-state index contributed by atoms with van der Waals surface area (Å²) in [5.41, 5.74) is 0. The van der Waals surface area contributed by atoms with Gasteiger partial charge in [0.15, 0.2) is 0 Å². The van der Waals surface area contributed by atoms with Crippen LogP contribution in [0.25, 0.3) is 0 Å². The van der Waals surface area contributed by atoms with Crippen LogP contribution in [-0.4, -0.2) is 41.6 Å². The second-order valence-corrected chi connectivity index (χ2v) is 5.10. The monoisotopic (exact) mass is 244 g/mol. The molecule has 0 aromatic heterocycles. The number of nitrogens with one attached hydrogen (secondary N) is 1. The van der Waals surface area contributed by atoms with Crippen LogP contribution in [0.1, 0.15) is 34.1 Å². The van der Waals surface area contributed by atoms with E-state index in [1.165, 1.54) is 4.90 Å². The fraction of sp³-hybridized carbons (Fsp3) is 0.833. The molecule has 0 aliphatic carbocycles. The van der Waals surface area contributed by atoms with Crippen molar-refractivity contribution in [2.45, 2.75) is 40.2 Å². The highest BCUT2D eigenvalue weighted by Gasteiger charge is 2.18. The molecule has 0 aromatic rings. The molecule has 17 heavy (non-hydrogen) atoms. The van der Waals surface area contributed by atoms with Crippen LogP contribution in [0.15, 0.2) is 0 Å². The predicted octanol–water partition coefficient (Wildman–Crippen LogP) is 1.78. The number of rotatable bonds is 6. The van der Waals surface area contributed by atoms with Crippen LogP contribution >= 0.6 is 0 Å². The van der Waals surface area contributed by atoms with Gasteiger partial charge in [0.05, 0.1) is 5.92 Å². The first-order valence-electron chi connectivity index (χ1n) is 5.98. The van der Waals surface area contributed by atoms with E-state index in [0.717, 1.165) is 6.42 Å². The Morgan fingerprint density at radius 1 is 1.24 bits per heavy atom. The summed E-state index contributed by atoms with van der Waals surface area (Å²) in [5.74, 6) is -0.917. The number of urea groups is 1. The molecule has 2 unspecified atom stereocenters. The summed E-state index contributed by atoms with van der Waals surface area (Å²) < 4.78 is 0. The molecule has 0 aliphatic heterocycles. The van der Waals surface area contributed by atoms with Gasteiger partial charge in [0.2, 0.25) is 0 Å². The molecule has 0 radical (unpaired) electrons. The third kappa shape index (κ3) is 6.81. The van der Waals surface area contributed by atoms with E-state index in [4.69, 9.17) is 5.11 Å². The SMILES string of the molecule is CC(C)CC(C)NC(=O)N(C)CC(C)C(=O)O. The molecule has 0 heterocycles. The molecule has 0 fully saturated rings. The Morgan fingerprint density at radius 3 is 2.18 bits per heavy atom. The highest BCUT2D eigenvalue weighted by molar-refractivity contribution is 5.75. The highest BCUT2D eigenvalue weighted by Crippen LogP contribution is 2.05. The lowest BCUT2D eigenvalue weighted by atomic mass is 10.1. The molecule has 2 atom stereocenters. The Kier molecular flexibility index (Phi) is 6.61. The lowest BCUT2D eigenvalue weighted by molar-refractivity contribution is -0.141. The Morgan fingerprint density at radius 2 is 1.76 bits per heavy atom. The number of amides is 2. The number of hydrogen-bond acceptors (Lipinski definition) is 2. The molecule has 0 saturated carbocycles. The Bertz CT molecular complexity index is 266. The van der Waals surface area contributed by atoms with E-state index in [2.05, 4.69) is 19.2 Å². The van der Waals surface area contributed by atoms with Crippen molar-refractivity contribution < 1.29 is 14.7 Å². The average molecular weight is 244 g/mol. The van der Waals surface area contributed by atoms with Gasteiger partial charge in [-0.2, -0.15) is 0 Å². The topological polar surface area (TPSA) is 69.6 Å². The minimum Gasteiger partial charge on any atom is -0.481 e. The van der Waals surface area contributed by atoms with E-state index in [1.807, 2.05) is 6.92 Å². The molecule has 5 heteroatoms. The first-order chi connectivity index (χ1) is 7.73. The van der Waals surface area contributed by atoms with Crippen LogP contribution in [0.4, 0.5) is 4.79 Å². The highest BCUT2D eigenvalue weighted by atomic mass is 16.4. The van der Waals surface area contributed by atoms with Gasteiger partial charge in [0, 0.05) is 19.6 Å². The lowest BCUT2D eigenvalue weighted by Gasteiger charge is -2.23. The maximum atomic E-state index is 11.7. The van der Waals surface area contributed by atoms with Gasteiger partial charge in [0.25, 0.3) is 0 Å². The fourth-order valence-electron chi connectivity index (χ4n) is 1.66. The summed E-state index contributed by atoms with van der Waals surface area (Å²) in [6, 6.07) is -0.115. The third-order valence-corrected chi connectivity index (χ3v) is 2.51. The minimum atomic E-state index is -0.889. The molecule has 0 rings (SSSR count). The second kappa shape index (κ2) is 7.14. The molecule has 2 amide bonds. The Balaban J connectivity index is 4.09. The number of carbonyl (C=O) groups is 2. The maximum Gasteiger partial charge on any atom is 0.317 e. The summed E-state index contributed by atoms with van der Waals surface area (Å²) in [5, 5.41) is 11.6. The number of nitrogens with zero attached hydrogens (tertiary/aromatic N) is 1. The van der Waals surface area contributed by atoms with Crippen molar-refractivity contribution in [3.05, 3.63) is 0 Å². The zero-order chi connectivity index (χ0) is 13.6. The van der Waals surface area contributed by atoms with Crippen molar-refractivity contribution >= 4 is 12.0 Å². The quantitative estimate of drug-likeness (QED) is 0.748. The Hall–Kier alpha value is -1.26. The number of carboxylic acid groups (broad SMARTS) is 1. The molecule has 0 aromatic carbocycles. The molecule has 0 saturated heterocycles. The van der Waals surface area contributed by atoms with Crippen molar-refractivity contribution in [1.82, 2.24) is 10.2 Å². The van der Waals surface area contributed by atoms with Crippen LogP contribution in [0, 0.1) is 11.8 Å². The van der Waals surface area contributed by atoms with Crippen molar-refractivity contribution in [2.24, 2.45) is 11.8 Å². The number of hydrogen-bond donors (Lipinski definition) is 2. The first kappa shape index (κ1) is 15.7. The second-order valence-electron chi connectivity index (χ2n) is 5.10. The van der Waals surface area contributed by atoms with E-state index < -0.39 is 11.9 Å². The van der Waals surface area contributed by atoms with E-state index in [9.17, 15) is 9.59 Å². The maximum absolute atomic E-state index is 11.7. The van der Waals surface area contributed by atoms with Crippen LogP contribution in [0.5, 0.6) is 0 Å². The Labute approximate surface area is 103 Å². The molecular formula is C12H24N2O3. The van der Waals surface area contributed by atoms with Gasteiger partial charge in [-0.05, 0) is 19.3 Å². The lowest BCUT2D eigenvalue weighted by Crippen LogP contribution is -2.44. The van der Waals surface area contributed by atoms with E-state index in [1.54, 1.807) is 14.0 Å². The molecule has 2 N–H and O–H groups in total. The van der Waals surface area contributed by atoms with Gasteiger partial charge in [-0.3, -0.25) is 4.79 Å². The van der Waals surface area contributed by atoms with Gasteiger partial charge in [-0.1, -0.05) is 20.8 Å². The average Bonchev–Trinajstić information content (AvgIpc) is 2.15. The van der Waals surface area contributed by atoms with E-state index in [-0.39, 0.29) is 18.6 Å².